The summed E-state index contributed by atoms with van der Waals surface area (Å²) in [6.45, 7) is 1.84. The Kier molecular flexibility index (Phi) is 4.30. The average Bonchev–Trinajstić information content (AvgIpc) is 2.36. The van der Waals surface area contributed by atoms with Crippen molar-refractivity contribution in [1.29, 1.82) is 0 Å². The number of amides is 1. The molecule has 0 unspecified atom stereocenters. The molecule has 2 aromatic rings. The van der Waals surface area contributed by atoms with Gasteiger partial charge in [-0.05, 0) is 36.8 Å². The first-order valence-electron chi connectivity index (χ1n) is 5.36. The third-order valence-electron chi connectivity index (χ3n) is 2.49. The van der Waals surface area contributed by atoms with Crippen LogP contribution in [0.25, 0.3) is 0 Å². The summed E-state index contributed by atoms with van der Waals surface area (Å²) in [6.07, 6.45) is 1.46. The molecule has 1 aromatic heterocycles. The van der Waals surface area contributed by atoms with Crippen LogP contribution in [0.3, 0.4) is 0 Å². The van der Waals surface area contributed by atoms with Crippen LogP contribution in [0.1, 0.15) is 15.9 Å². The number of nitrogens with zero attached hydrogens (tertiary/aromatic N) is 1. The number of hydrogen-bond donors (Lipinski definition) is 1. The maximum atomic E-state index is 12.0. The number of carbonyl (C=O) groups excluding carboxylic acids is 1. The Balaban J connectivity index is 2.27. The molecule has 0 aliphatic rings. The number of rotatable bonds is 2. The summed E-state index contributed by atoms with van der Waals surface area (Å²) in [5.74, 6) is -0.328. The van der Waals surface area contributed by atoms with Gasteiger partial charge in [-0.25, -0.2) is 4.98 Å². The zero-order valence-electron chi connectivity index (χ0n) is 9.88. The molecule has 0 spiro atoms. The van der Waals surface area contributed by atoms with Crippen LogP contribution < -0.4 is 5.32 Å². The summed E-state index contributed by atoms with van der Waals surface area (Å²) in [6, 6.07) is 6.34. The van der Waals surface area contributed by atoms with Crippen LogP contribution in [0, 0.1) is 6.92 Å². The normalized spacial score (nSPS) is 10.3. The molecule has 98 valence electrons. The SMILES string of the molecule is Cc1cc(Cl)c(NC(=O)c2ccnc(Cl)c2)cc1Cl. The lowest BCUT2D eigenvalue weighted by atomic mass is 10.2. The fourth-order valence-electron chi connectivity index (χ4n) is 1.48. The molecule has 0 radical (unpaired) electrons. The number of benzene rings is 1. The smallest absolute Gasteiger partial charge is 0.255 e. The molecule has 19 heavy (non-hydrogen) atoms. The molecule has 0 atom stereocenters. The first-order valence-corrected chi connectivity index (χ1v) is 6.49. The molecule has 0 saturated heterocycles. The van der Waals surface area contributed by atoms with Crippen LogP contribution in [-0.2, 0) is 0 Å². The summed E-state index contributed by atoms with van der Waals surface area (Å²) in [5.41, 5.74) is 1.69. The average molecular weight is 316 g/mol. The fraction of sp³-hybridized carbons (Fsp3) is 0.0769. The number of carbonyl (C=O) groups is 1. The largest absolute Gasteiger partial charge is 0.321 e. The minimum atomic E-state index is -0.328. The Labute approximate surface area is 125 Å². The van der Waals surface area contributed by atoms with E-state index in [0.717, 1.165) is 5.56 Å². The van der Waals surface area contributed by atoms with Gasteiger partial charge in [-0.3, -0.25) is 4.79 Å². The molecule has 0 aliphatic carbocycles. The summed E-state index contributed by atoms with van der Waals surface area (Å²) in [4.78, 5) is 15.8. The van der Waals surface area contributed by atoms with Crippen LogP contribution in [0.5, 0.6) is 0 Å². The summed E-state index contributed by atoms with van der Waals surface area (Å²) < 4.78 is 0. The number of aromatic nitrogens is 1. The number of nitrogens with one attached hydrogen (secondary N) is 1. The van der Waals surface area contributed by atoms with Crippen molar-refractivity contribution in [3.05, 3.63) is 56.8 Å². The number of halogens is 3. The monoisotopic (exact) mass is 314 g/mol. The molecule has 0 fully saturated rings. The Morgan fingerprint density at radius 1 is 1.16 bits per heavy atom. The molecule has 3 nitrogen and oxygen atoms in total. The van der Waals surface area contributed by atoms with Crippen molar-refractivity contribution in [2.24, 2.45) is 0 Å². The van der Waals surface area contributed by atoms with Crippen molar-refractivity contribution in [3.63, 3.8) is 0 Å². The highest BCUT2D eigenvalue weighted by Gasteiger charge is 2.11. The zero-order chi connectivity index (χ0) is 14.0. The first-order chi connectivity index (χ1) is 8.97. The van der Waals surface area contributed by atoms with E-state index in [2.05, 4.69) is 10.3 Å². The van der Waals surface area contributed by atoms with E-state index < -0.39 is 0 Å². The topological polar surface area (TPSA) is 42.0 Å². The quantitative estimate of drug-likeness (QED) is 0.823. The highest BCUT2D eigenvalue weighted by atomic mass is 35.5. The predicted molar refractivity (Wildman–Crippen MR) is 78.4 cm³/mol. The molecule has 0 saturated carbocycles. The number of hydrogen-bond acceptors (Lipinski definition) is 2. The van der Waals surface area contributed by atoms with E-state index >= 15 is 0 Å². The van der Waals surface area contributed by atoms with Crippen molar-refractivity contribution < 1.29 is 4.79 Å². The highest BCUT2D eigenvalue weighted by molar-refractivity contribution is 6.36. The number of pyridine rings is 1. The molecule has 0 bridgehead atoms. The van der Waals surface area contributed by atoms with E-state index in [1.807, 2.05) is 6.92 Å². The van der Waals surface area contributed by atoms with Gasteiger partial charge in [-0.15, -0.1) is 0 Å². The van der Waals surface area contributed by atoms with Gasteiger partial charge in [0.15, 0.2) is 0 Å². The van der Waals surface area contributed by atoms with Gasteiger partial charge >= 0.3 is 0 Å². The van der Waals surface area contributed by atoms with E-state index in [4.69, 9.17) is 34.8 Å². The van der Waals surface area contributed by atoms with Gasteiger partial charge < -0.3 is 5.32 Å². The molecule has 2 rings (SSSR count). The van der Waals surface area contributed by atoms with Gasteiger partial charge in [-0.1, -0.05) is 34.8 Å². The molecule has 6 heteroatoms. The third-order valence-corrected chi connectivity index (χ3v) is 3.41. The van der Waals surface area contributed by atoms with Crippen LogP contribution >= 0.6 is 34.8 Å². The van der Waals surface area contributed by atoms with E-state index in [1.54, 1.807) is 18.2 Å². The van der Waals surface area contributed by atoms with E-state index in [-0.39, 0.29) is 11.1 Å². The van der Waals surface area contributed by atoms with E-state index in [1.165, 1.54) is 12.3 Å². The summed E-state index contributed by atoms with van der Waals surface area (Å²) in [7, 11) is 0. The van der Waals surface area contributed by atoms with Gasteiger partial charge in [0.25, 0.3) is 5.91 Å². The second-order valence-electron chi connectivity index (χ2n) is 3.90. The second-order valence-corrected chi connectivity index (χ2v) is 5.10. The molecule has 1 aromatic carbocycles. The van der Waals surface area contributed by atoms with Crippen LogP contribution in [0.4, 0.5) is 5.69 Å². The standard InChI is InChI=1S/C13H9Cl3N2O/c1-7-4-10(15)11(6-9(7)14)18-13(19)8-2-3-17-12(16)5-8/h2-6H,1H3,(H,18,19). The lowest BCUT2D eigenvalue weighted by Gasteiger charge is -2.09. The van der Waals surface area contributed by atoms with Gasteiger partial charge in [0.2, 0.25) is 0 Å². The van der Waals surface area contributed by atoms with Crippen molar-refractivity contribution in [1.82, 2.24) is 4.98 Å². The first kappa shape index (κ1) is 14.1. The minimum absolute atomic E-state index is 0.251. The molecule has 0 aliphatic heterocycles. The lowest BCUT2D eigenvalue weighted by Crippen LogP contribution is -2.12. The third kappa shape index (κ3) is 3.38. The number of aryl methyl sites for hydroxylation is 1. The second kappa shape index (κ2) is 5.78. The molecule has 1 amide bonds. The van der Waals surface area contributed by atoms with Crippen molar-refractivity contribution >= 4 is 46.4 Å². The highest BCUT2D eigenvalue weighted by Crippen LogP contribution is 2.29. The summed E-state index contributed by atoms with van der Waals surface area (Å²) >= 11 is 17.8. The van der Waals surface area contributed by atoms with Crippen LogP contribution in [-0.4, -0.2) is 10.9 Å². The Hall–Kier alpha value is -1.29. The van der Waals surface area contributed by atoms with Crippen molar-refractivity contribution in [2.75, 3.05) is 5.32 Å². The Bertz CT molecular complexity index is 644. The molecule has 1 N–H and O–H groups in total. The number of anilines is 1. The predicted octanol–water partition coefficient (Wildman–Crippen LogP) is 4.60. The Morgan fingerprint density at radius 3 is 2.58 bits per heavy atom. The van der Waals surface area contributed by atoms with Crippen LogP contribution in [0.2, 0.25) is 15.2 Å². The fourth-order valence-corrected chi connectivity index (χ4v) is 2.08. The Morgan fingerprint density at radius 2 is 1.89 bits per heavy atom. The van der Waals surface area contributed by atoms with Gasteiger partial charge in [-0.2, -0.15) is 0 Å². The minimum Gasteiger partial charge on any atom is -0.321 e. The lowest BCUT2D eigenvalue weighted by molar-refractivity contribution is 0.102. The molecule has 1 heterocycles. The van der Waals surface area contributed by atoms with Crippen molar-refractivity contribution in [3.8, 4) is 0 Å². The van der Waals surface area contributed by atoms with Crippen molar-refractivity contribution in [2.45, 2.75) is 6.92 Å². The molecular weight excluding hydrogens is 307 g/mol. The maximum absolute atomic E-state index is 12.0. The van der Waals surface area contributed by atoms with Crippen LogP contribution in [0.15, 0.2) is 30.5 Å². The van der Waals surface area contributed by atoms with Gasteiger partial charge in [0, 0.05) is 16.8 Å². The maximum Gasteiger partial charge on any atom is 0.255 e. The van der Waals surface area contributed by atoms with E-state index in [0.29, 0.717) is 21.3 Å². The molecular formula is C13H9Cl3N2O. The zero-order valence-corrected chi connectivity index (χ0v) is 12.1. The van der Waals surface area contributed by atoms with E-state index in [9.17, 15) is 4.79 Å². The summed E-state index contributed by atoms with van der Waals surface area (Å²) in [5, 5.41) is 3.89. The van der Waals surface area contributed by atoms with Gasteiger partial charge in [0.05, 0.1) is 10.7 Å². The van der Waals surface area contributed by atoms with Gasteiger partial charge in [0.1, 0.15) is 5.15 Å².